The summed E-state index contributed by atoms with van der Waals surface area (Å²) in [6, 6.07) is 18.7. The molecule has 2 saturated carbocycles. The maximum Gasteiger partial charge on any atom is 0.244 e. The summed E-state index contributed by atoms with van der Waals surface area (Å²) in [7, 11) is 0. The van der Waals surface area contributed by atoms with Gasteiger partial charge >= 0.3 is 0 Å². The second-order valence-electron chi connectivity index (χ2n) is 9.31. The molecule has 2 fully saturated rings. The van der Waals surface area contributed by atoms with Crippen molar-refractivity contribution in [1.82, 2.24) is 5.43 Å². The zero-order valence-electron chi connectivity index (χ0n) is 18.5. The van der Waals surface area contributed by atoms with Gasteiger partial charge in [0, 0.05) is 5.92 Å². The van der Waals surface area contributed by atoms with Gasteiger partial charge in [0.05, 0.1) is 13.4 Å². The molecule has 3 aromatic rings. The van der Waals surface area contributed by atoms with E-state index in [1.807, 2.05) is 12.1 Å². The number of fused-ring (bicyclic) bond motifs is 2. The molecule has 0 bridgehead atoms. The molecule has 0 aromatic heterocycles. The van der Waals surface area contributed by atoms with Crippen molar-refractivity contribution in [3.63, 3.8) is 0 Å². The number of rotatable bonds is 6. The number of benzene rings is 3. The molecule has 3 aromatic carbocycles. The van der Waals surface area contributed by atoms with E-state index in [9.17, 15) is 4.79 Å². The summed E-state index contributed by atoms with van der Waals surface area (Å²) in [4.78, 5) is 12.6. The fourth-order valence-corrected chi connectivity index (χ4v) is 7.58. The van der Waals surface area contributed by atoms with E-state index in [0.717, 1.165) is 24.9 Å². The monoisotopic (exact) mass is 664 g/mol. The van der Waals surface area contributed by atoms with Gasteiger partial charge in [0.25, 0.3) is 0 Å². The molecule has 0 radical (unpaired) electrons. The first-order valence-electron chi connectivity index (χ1n) is 11.4. The second kappa shape index (κ2) is 9.52. The number of hydrazone groups is 1. The summed E-state index contributed by atoms with van der Waals surface area (Å²) in [5.74, 6) is 1.61. The highest BCUT2D eigenvalue weighted by Crippen LogP contribution is 2.66. The molecule has 1 N–H and O–H groups in total. The third kappa shape index (κ3) is 4.65. The van der Waals surface area contributed by atoms with Crippen LogP contribution in [-0.2, 0) is 11.4 Å². The Labute approximate surface area is 221 Å². The predicted molar refractivity (Wildman–Crippen MR) is 149 cm³/mol. The first-order valence-corrected chi connectivity index (χ1v) is 13.5. The summed E-state index contributed by atoms with van der Waals surface area (Å²) in [6.45, 7) is 2.77. The van der Waals surface area contributed by atoms with Crippen LogP contribution in [0.1, 0.15) is 43.7 Å². The normalized spacial score (nSPS) is 24.0. The minimum atomic E-state index is 0.0695. The third-order valence-electron chi connectivity index (χ3n) is 7.27. The summed E-state index contributed by atoms with van der Waals surface area (Å²) < 4.78 is 8.28. The number of nitrogens with one attached hydrogen (secondary N) is 1. The lowest BCUT2D eigenvalue weighted by molar-refractivity contribution is -0.123. The summed E-state index contributed by atoms with van der Waals surface area (Å²) >= 11 is 4.61. The molecule has 0 heterocycles. The number of carbonyl (C=O) groups is 1. The van der Waals surface area contributed by atoms with Gasteiger partial charge in [-0.2, -0.15) is 5.10 Å². The zero-order valence-corrected chi connectivity index (χ0v) is 22.8. The molecule has 0 saturated heterocycles. The molecule has 0 aliphatic heterocycles. The molecular weight excluding hydrogens is 638 g/mol. The van der Waals surface area contributed by atoms with Crippen molar-refractivity contribution in [3.8, 4) is 5.75 Å². The standard InChI is InChI=1S/C27H26I2N2O2/c1-27-12-5-4-11-21(27)24(27)26(32)31-30-15-17-13-22(28)25(23(29)14-17)33-16-19-9-6-8-18-7-2-3-10-20(18)19/h2-3,6-10,13-15,21,24H,4-5,11-12,16H2,1H3,(H,31,32)/b30-15-/t21-,24-,27+/m1/s1. The van der Waals surface area contributed by atoms with E-state index in [4.69, 9.17) is 4.74 Å². The number of hydrogen-bond donors (Lipinski definition) is 1. The fraction of sp³-hybridized carbons (Fsp3) is 0.333. The molecule has 3 atom stereocenters. The number of amides is 1. The van der Waals surface area contributed by atoms with Crippen molar-refractivity contribution < 1.29 is 9.53 Å². The Kier molecular flexibility index (Phi) is 6.66. The number of ether oxygens (including phenoxy) is 1. The molecule has 33 heavy (non-hydrogen) atoms. The van der Waals surface area contributed by atoms with Crippen molar-refractivity contribution in [2.75, 3.05) is 0 Å². The molecule has 6 heteroatoms. The minimum absolute atomic E-state index is 0.0695. The van der Waals surface area contributed by atoms with Gasteiger partial charge in [-0.3, -0.25) is 4.79 Å². The fourth-order valence-electron chi connectivity index (χ4n) is 5.45. The average Bonchev–Trinajstić information content (AvgIpc) is 3.44. The highest BCUT2D eigenvalue weighted by molar-refractivity contribution is 14.1. The third-order valence-corrected chi connectivity index (χ3v) is 8.88. The van der Waals surface area contributed by atoms with Crippen molar-refractivity contribution >= 4 is 68.1 Å². The summed E-state index contributed by atoms with van der Waals surface area (Å²) in [5.41, 5.74) is 5.10. The highest BCUT2D eigenvalue weighted by atomic mass is 127. The Morgan fingerprint density at radius 2 is 1.91 bits per heavy atom. The molecule has 0 unspecified atom stereocenters. The molecule has 0 spiro atoms. The van der Waals surface area contributed by atoms with Crippen LogP contribution in [0.3, 0.4) is 0 Å². The molecule has 1 amide bonds. The molecular formula is C27H26I2N2O2. The van der Waals surface area contributed by atoms with Crippen LogP contribution in [0, 0.1) is 24.4 Å². The Bertz CT molecular complexity index is 1210. The van der Waals surface area contributed by atoms with Gasteiger partial charge in [-0.15, -0.1) is 0 Å². The Morgan fingerprint density at radius 1 is 1.15 bits per heavy atom. The summed E-state index contributed by atoms with van der Waals surface area (Å²) in [5, 5.41) is 6.69. The van der Waals surface area contributed by atoms with Gasteiger partial charge in [-0.1, -0.05) is 62.2 Å². The maximum absolute atomic E-state index is 12.6. The van der Waals surface area contributed by atoms with E-state index in [1.165, 1.54) is 35.6 Å². The first-order chi connectivity index (χ1) is 16.0. The molecule has 5 rings (SSSR count). The second-order valence-corrected chi connectivity index (χ2v) is 11.6. The number of nitrogens with zero attached hydrogens (tertiary/aromatic N) is 1. The van der Waals surface area contributed by atoms with E-state index < -0.39 is 0 Å². The van der Waals surface area contributed by atoms with Crippen LogP contribution in [0.4, 0.5) is 0 Å². The van der Waals surface area contributed by atoms with Crippen LogP contribution in [-0.4, -0.2) is 12.1 Å². The molecule has 2 aliphatic rings. The van der Waals surface area contributed by atoms with Crippen LogP contribution < -0.4 is 10.2 Å². The van der Waals surface area contributed by atoms with Crippen molar-refractivity contribution in [2.24, 2.45) is 22.4 Å². The largest absolute Gasteiger partial charge is 0.487 e. The van der Waals surface area contributed by atoms with Crippen LogP contribution in [0.5, 0.6) is 5.75 Å². The van der Waals surface area contributed by atoms with Gasteiger partial charge in [0.15, 0.2) is 0 Å². The van der Waals surface area contributed by atoms with Crippen molar-refractivity contribution in [3.05, 3.63) is 72.9 Å². The van der Waals surface area contributed by atoms with Gasteiger partial charge in [0.2, 0.25) is 5.91 Å². The highest BCUT2D eigenvalue weighted by Gasteiger charge is 2.64. The van der Waals surface area contributed by atoms with Gasteiger partial charge in [-0.05, 0) is 103 Å². The number of hydrogen-bond acceptors (Lipinski definition) is 3. The van der Waals surface area contributed by atoms with Crippen LogP contribution >= 0.6 is 45.2 Å². The molecule has 4 nitrogen and oxygen atoms in total. The zero-order chi connectivity index (χ0) is 23.0. The summed E-state index contributed by atoms with van der Waals surface area (Å²) in [6.07, 6.45) is 6.56. The number of halogens is 2. The van der Waals surface area contributed by atoms with Crippen molar-refractivity contribution in [1.29, 1.82) is 0 Å². The lowest BCUT2D eigenvalue weighted by Crippen LogP contribution is -2.22. The van der Waals surface area contributed by atoms with E-state index in [0.29, 0.717) is 12.5 Å². The van der Waals surface area contributed by atoms with E-state index in [1.54, 1.807) is 6.21 Å². The quantitative estimate of drug-likeness (QED) is 0.177. The Morgan fingerprint density at radius 3 is 2.67 bits per heavy atom. The molecule has 170 valence electrons. The topological polar surface area (TPSA) is 50.7 Å². The average molecular weight is 664 g/mol. The van der Waals surface area contributed by atoms with Crippen molar-refractivity contribution in [2.45, 2.75) is 39.2 Å². The van der Waals surface area contributed by atoms with E-state index >= 15 is 0 Å². The Hall–Kier alpha value is -1.68. The lowest BCUT2D eigenvalue weighted by Gasteiger charge is -2.15. The lowest BCUT2D eigenvalue weighted by atomic mass is 9.90. The van der Waals surface area contributed by atoms with Crippen LogP contribution in [0.2, 0.25) is 0 Å². The van der Waals surface area contributed by atoms with Gasteiger partial charge in [0.1, 0.15) is 12.4 Å². The SMILES string of the molecule is C[C@]12CCCC[C@@H]1[C@@H]2C(=O)N/N=C\c1cc(I)c(OCc2cccc3ccccc23)c(I)c1. The van der Waals surface area contributed by atoms with Gasteiger partial charge in [-0.25, -0.2) is 5.43 Å². The molecule has 2 aliphatic carbocycles. The minimum Gasteiger partial charge on any atom is -0.487 e. The Balaban J connectivity index is 1.23. The first kappa shape index (κ1) is 23.1. The van der Waals surface area contributed by atoms with E-state index in [-0.39, 0.29) is 17.2 Å². The number of carbonyl (C=O) groups excluding carboxylic acids is 1. The smallest absolute Gasteiger partial charge is 0.244 e. The van der Waals surface area contributed by atoms with Crippen LogP contribution in [0.15, 0.2) is 59.7 Å². The predicted octanol–water partition coefficient (Wildman–Crippen LogP) is 6.90. The van der Waals surface area contributed by atoms with E-state index in [2.05, 4.69) is 105 Å². The van der Waals surface area contributed by atoms with Gasteiger partial charge < -0.3 is 4.74 Å². The maximum atomic E-state index is 12.6. The van der Waals surface area contributed by atoms with Crippen LogP contribution in [0.25, 0.3) is 10.8 Å².